The molecule has 18 heavy (non-hydrogen) atoms. The SMILES string of the molecule is CC/C=C(/Oc1ccc(C)nc1C)C(=O)CCC. The third-order valence-corrected chi connectivity index (χ3v) is 2.54. The summed E-state index contributed by atoms with van der Waals surface area (Å²) in [7, 11) is 0. The first-order chi connectivity index (χ1) is 8.58. The van der Waals surface area contributed by atoms with E-state index in [0.29, 0.717) is 17.9 Å². The van der Waals surface area contributed by atoms with Crippen LogP contribution in [0.15, 0.2) is 24.0 Å². The average molecular weight is 247 g/mol. The van der Waals surface area contributed by atoms with Gasteiger partial charge in [-0.3, -0.25) is 9.78 Å². The molecule has 0 aliphatic heterocycles. The van der Waals surface area contributed by atoms with Gasteiger partial charge in [-0.1, -0.05) is 13.8 Å². The van der Waals surface area contributed by atoms with Crippen molar-refractivity contribution in [1.29, 1.82) is 0 Å². The molecule has 0 unspecified atom stereocenters. The van der Waals surface area contributed by atoms with Gasteiger partial charge in [0.1, 0.15) is 5.75 Å². The lowest BCUT2D eigenvalue weighted by Gasteiger charge is -2.11. The molecule has 0 aliphatic rings. The minimum Gasteiger partial charge on any atom is -0.452 e. The van der Waals surface area contributed by atoms with Crippen molar-refractivity contribution < 1.29 is 9.53 Å². The Balaban J connectivity index is 2.90. The van der Waals surface area contributed by atoms with Crippen LogP contribution >= 0.6 is 0 Å². The molecule has 0 spiro atoms. The van der Waals surface area contributed by atoms with Crippen LogP contribution in [0.4, 0.5) is 0 Å². The Morgan fingerprint density at radius 2 is 2.06 bits per heavy atom. The van der Waals surface area contributed by atoms with E-state index >= 15 is 0 Å². The number of Topliss-reactive ketones (excluding diaryl/α,β-unsaturated/α-hetero) is 1. The number of hydrogen-bond acceptors (Lipinski definition) is 3. The van der Waals surface area contributed by atoms with E-state index in [1.807, 2.05) is 45.9 Å². The number of nitrogens with zero attached hydrogens (tertiary/aromatic N) is 1. The number of pyridine rings is 1. The quantitative estimate of drug-likeness (QED) is 0.568. The molecular weight excluding hydrogens is 226 g/mol. The molecule has 1 rings (SSSR count). The van der Waals surface area contributed by atoms with Crippen LogP contribution in [0.1, 0.15) is 44.5 Å². The van der Waals surface area contributed by atoms with E-state index in [9.17, 15) is 4.79 Å². The first kappa shape index (κ1) is 14.4. The maximum absolute atomic E-state index is 11.9. The molecule has 0 saturated carbocycles. The topological polar surface area (TPSA) is 39.2 Å². The molecule has 3 heteroatoms. The second-order valence-corrected chi connectivity index (χ2v) is 4.29. The molecule has 0 atom stereocenters. The second-order valence-electron chi connectivity index (χ2n) is 4.29. The third-order valence-electron chi connectivity index (χ3n) is 2.54. The fraction of sp³-hybridized carbons (Fsp3) is 0.467. The van der Waals surface area contributed by atoms with Crippen molar-refractivity contribution in [3.8, 4) is 5.75 Å². The van der Waals surface area contributed by atoms with Crippen LogP contribution in [0.2, 0.25) is 0 Å². The van der Waals surface area contributed by atoms with Gasteiger partial charge in [-0.05, 0) is 44.9 Å². The van der Waals surface area contributed by atoms with E-state index in [2.05, 4.69) is 4.98 Å². The Morgan fingerprint density at radius 1 is 1.33 bits per heavy atom. The number of carbonyl (C=O) groups excluding carboxylic acids is 1. The van der Waals surface area contributed by atoms with Crippen molar-refractivity contribution in [2.24, 2.45) is 0 Å². The van der Waals surface area contributed by atoms with E-state index in [1.165, 1.54) is 0 Å². The van der Waals surface area contributed by atoms with E-state index in [0.717, 1.165) is 24.2 Å². The Morgan fingerprint density at radius 3 is 2.61 bits per heavy atom. The van der Waals surface area contributed by atoms with Crippen LogP contribution in [0.5, 0.6) is 5.75 Å². The lowest BCUT2D eigenvalue weighted by molar-refractivity contribution is -0.117. The summed E-state index contributed by atoms with van der Waals surface area (Å²) in [6, 6.07) is 3.75. The number of rotatable bonds is 6. The number of carbonyl (C=O) groups is 1. The monoisotopic (exact) mass is 247 g/mol. The number of aromatic nitrogens is 1. The van der Waals surface area contributed by atoms with E-state index in [-0.39, 0.29) is 5.78 Å². The highest BCUT2D eigenvalue weighted by Crippen LogP contribution is 2.19. The molecule has 3 nitrogen and oxygen atoms in total. The van der Waals surface area contributed by atoms with Crippen molar-refractivity contribution in [3.05, 3.63) is 35.4 Å². The Labute approximate surface area is 109 Å². The molecule has 0 amide bonds. The summed E-state index contributed by atoms with van der Waals surface area (Å²) in [4.78, 5) is 16.2. The molecule has 0 aromatic carbocycles. The van der Waals surface area contributed by atoms with Gasteiger partial charge in [0.2, 0.25) is 0 Å². The molecule has 0 fully saturated rings. The summed E-state index contributed by atoms with van der Waals surface area (Å²) in [5.41, 5.74) is 1.75. The molecule has 1 aromatic heterocycles. The fourth-order valence-corrected chi connectivity index (χ4v) is 1.65. The number of ketones is 1. The normalized spacial score (nSPS) is 11.4. The second kappa shape index (κ2) is 6.94. The van der Waals surface area contributed by atoms with E-state index in [1.54, 1.807) is 0 Å². The Kier molecular flexibility index (Phi) is 5.56. The van der Waals surface area contributed by atoms with Crippen molar-refractivity contribution >= 4 is 5.78 Å². The summed E-state index contributed by atoms with van der Waals surface area (Å²) < 4.78 is 5.70. The van der Waals surface area contributed by atoms with Crippen molar-refractivity contribution in [2.45, 2.75) is 47.0 Å². The lowest BCUT2D eigenvalue weighted by Crippen LogP contribution is -2.09. The molecule has 0 aliphatic carbocycles. The van der Waals surface area contributed by atoms with Crippen LogP contribution in [-0.4, -0.2) is 10.8 Å². The lowest BCUT2D eigenvalue weighted by atomic mass is 10.2. The molecule has 1 heterocycles. The molecule has 1 aromatic rings. The van der Waals surface area contributed by atoms with E-state index < -0.39 is 0 Å². The van der Waals surface area contributed by atoms with Crippen molar-refractivity contribution in [3.63, 3.8) is 0 Å². The summed E-state index contributed by atoms with van der Waals surface area (Å²) in [6.45, 7) is 7.79. The van der Waals surface area contributed by atoms with Gasteiger partial charge in [0.15, 0.2) is 11.5 Å². The smallest absolute Gasteiger partial charge is 0.197 e. The maximum Gasteiger partial charge on any atom is 0.197 e. The first-order valence-electron chi connectivity index (χ1n) is 6.43. The summed E-state index contributed by atoms with van der Waals surface area (Å²) in [6.07, 6.45) is 3.96. The van der Waals surface area contributed by atoms with Gasteiger partial charge in [-0.15, -0.1) is 0 Å². The van der Waals surface area contributed by atoms with Crippen molar-refractivity contribution in [1.82, 2.24) is 4.98 Å². The van der Waals surface area contributed by atoms with Crippen LogP contribution in [-0.2, 0) is 4.79 Å². The van der Waals surface area contributed by atoms with Gasteiger partial charge in [0.05, 0.1) is 5.69 Å². The molecule has 98 valence electrons. The van der Waals surface area contributed by atoms with Gasteiger partial charge in [0.25, 0.3) is 0 Å². The largest absolute Gasteiger partial charge is 0.452 e. The van der Waals surface area contributed by atoms with Gasteiger partial charge < -0.3 is 4.74 Å². The number of hydrogen-bond donors (Lipinski definition) is 0. The summed E-state index contributed by atoms with van der Waals surface area (Å²) in [5, 5.41) is 0. The predicted octanol–water partition coefficient (Wildman–Crippen LogP) is 3.74. The number of ether oxygens (including phenoxy) is 1. The molecule has 0 N–H and O–H groups in total. The van der Waals surface area contributed by atoms with Crippen LogP contribution in [0.25, 0.3) is 0 Å². The average Bonchev–Trinajstić information content (AvgIpc) is 2.32. The highest BCUT2D eigenvalue weighted by atomic mass is 16.5. The highest BCUT2D eigenvalue weighted by Gasteiger charge is 2.12. The van der Waals surface area contributed by atoms with Gasteiger partial charge in [0, 0.05) is 12.1 Å². The zero-order valence-corrected chi connectivity index (χ0v) is 11.6. The van der Waals surface area contributed by atoms with Crippen molar-refractivity contribution in [2.75, 3.05) is 0 Å². The molecule has 0 saturated heterocycles. The van der Waals surface area contributed by atoms with Crippen LogP contribution in [0, 0.1) is 13.8 Å². The zero-order chi connectivity index (χ0) is 13.5. The maximum atomic E-state index is 11.9. The first-order valence-corrected chi connectivity index (χ1v) is 6.43. The minimum absolute atomic E-state index is 0.0549. The third kappa shape index (κ3) is 3.99. The number of aryl methyl sites for hydroxylation is 2. The summed E-state index contributed by atoms with van der Waals surface area (Å²) in [5.74, 6) is 1.15. The zero-order valence-electron chi connectivity index (χ0n) is 11.6. The van der Waals surface area contributed by atoms with Gasteiger partial charge in [-0.2, -0.15) is 0 Å². The standard InChI is InChI=1S/C15H21NO2/c1-5-7-13(17)15(8-6-2)18-14-10-9-11(3)16-12(14)4/h8-10H,5-7H2,1-4H3/b15-8+. The molecule has 0 bridgehead atoms. The Bertz CT molecular complexity index is 450. The molecule has 0 radical (unpaired) electrons. The van der Waals surface area contributed by atoms with E-state index in [4.69, 9.17) is 4.74 Å². The van der Waals surface area contributed by atoms with Crippen LogP contribution in [0.3, 0.4) is 0 Å². The van der Waals surface area contributed by atoms with Gasteiger partial charge in [-0.25, -0.2) is 0 Å². The molecular formula is C15H21NO2. The Hall–Kier alpha value is -1.64. The predicted molar refractivity (Wildman–Crippen MR) is 72.6 cm³/mol. The highest BCUT2D eigenvalue weighted by molar-refractivity contribution is 5.93. The minimum atomic E-state index is 0.0549. The van der Waals surface area contributed by atoms with Gasteiger partial charge >= 0.3 is 0 Å². The number of allylic oxidation sites excluding steroid dienone is 2. The fourth-order valence-electron chi connectivity index (χ4n) is 1.65. The van der Waals surface area contributed by atoms with Crippen LogP contribution < -0.4 is 4.74 Å². The summed E-state index contributed by atoms with van der Waals surface area (Å²) >= 11 is 0.